The highest BCUT2D eigenvalue weighted by Gasteiger charge is 2.38. The molecule has 0 atom stereocenters. The minimum atomic E-state index is -3.12. The monoisotopic (exact) mass is 233 g/mol. The molecule has 0 N–H and O–H groups in total. The van der Waals surface area contributed by atoms with Crippen LogP contribution in [0.1, 0.15) is 47.5 Å². The number of rotatable bonds is 4. The van der Waals surface area contributed by atoms with E-state index in [1.165, 1.54) is 12.8 Å². The van der Waals surface area contributed by atoms with Crippen molar-refractivity contribution >= 4 is 10.0 Å². The summed E-state index contributed by atoms with van der Waals surface area (Å²) >= 11 is 0. The SMILES string of the molecule is CC(C)S(=O)(=O)N(CC1CC1)C(C)(C)C. The van der Waals surface area contributed by atoms with Crippen molar-refractivity contribution in [3.63, 3.8) is 0 Å². The maximum Gasteiger partial charge on any atom is 0.216 e. The predicted octanol–water partition coefficient (Wildman–Crippen LogP) is 2.24. The number of hydrogen-bond acceptors (Lipinski definition) is 2. The van der Waals surface area contributed by atoms with E-state index in [4.69, 9.17) is 0 Å². The van der Waals surface area contributed by atoms with Gasteiger partial charge in [-0.2, -0.15) is 4.31 Å². The summed E-state index contributed by atoms with van der Waals surface area (Å²) in [6.07, 6.45) is 2.36. The Hall–Kier alpha value is -0.0900. The Morgan fingerprint density at radius 2 is 1.73 bits per heavy atom. The van der Waals surface area contributed by atoms with Crippen LogP contribution in [0.25, 0.3) is 0 Å². The minimum absolute atomic E-state index is 0.300. The predicted molar refractivity (Wildman–Crippen MR) is 63.2 cm³/mol. The summed E-state index contributed by atoms with van der Waals surface area (Å²) in [5.41, 5.74) is -0.300. The fourth-order valence-corrected chi connectivity index (χ4v) is 3.24. The van der Waals surface area contributed by atoms with Crippen LogP contribution in [0, 0.1) is 5.92 Å². The molecule has 3 nitrogen and oxygen atoms in total. The van der Waals surface area contributed by atoms with Gasteiger partial charge in [-0.15, -0.1) is 0 Å². The van der Waals surface area contributed by atoms with E-state index in [9.17, 15) is 8.42 Å². The maximum atomic E-state index is 12.2. The second-order valence-corrected chi connectivity index (χ2v) is 8.15. The van der Waals surface area contributed by atoms with Gasteiger partial charge in [-0.25, -0.2) is 8.42 Å². The third kappa shape index (κ3) is 3.18. The molecule has 4 heteroatoms. The third-order valence-electron chi connectivity index (χ3n) is 2.77. The smallest absolute Gasteiger partial charge is 0.212 e. The lowest BCUT2D eigenvalue weighted by molar-refractivity contribution is 0.239. The van der Waals surface area contributed by atoms with E-state index >= 15 is 0 Å². The minimum Gasteiger partial charge on any atom is -0.212 e. The van der Waals surface area contributed by atoms with Crippen LogP contribution in [0.4, 0.5) is 0 Å². The van der Waals surface area contributed by atoms with Crippen LogP contribution in [0.2, 0.25) is 0 Å². The van der Waals surface area contributed by atoms with E-state index in [-0.39, 0.29) is 10.8 Å². The van der Waals surface area contributed by atoms with Gasteiger partial charge in [0.15, 0.2) is 0 Å². The van der Waals surface area contributed by atoms with Gasteiger partial charge in [-0.05, 0) is 53.4 Å². The molecule has 0 unspecified atom stereocenters. The lowest BCUT2D eigenvalue weighted by atomic mass is 10.1. The van der Waals surface area contributed by atoms with Crippen molar-refractivity contribution in [3.05, 3.63) is 0 Å². The van der Waals surface area contributed by atoms with Crippen molar-refractivity contribution in [2.75, 3.05) is 6.54 Å². The Kier molecular flexibility index (Phi) is 3.51. The van der Waals surface area contributed by atoms with Crippen LogP contribution in [0.5, 0.6) is 0 Å². The van der Waals surface area contributed by atoms with Gasteiger partial charge < -0.3 is 0 Å². The molecule has 0 aromatic carbocycles. The largest absolute Gasteiger partial charge is 0.216 e. The first kappa shape index (κ1) is 13.0. The molecule has 0 bridgehead atoms. The summed E-state index contributed by atoms with van der Waals surface area (Å²) in [5.74, 6) is 0.595. The highest BCUT2D eigenvalue weighted by Crippen LogP contribution is 2.34. The molecule has 1 rings (SSSR count). The third-order valence-corrected chi connectivity index (χ3v) is 5.27. The first-order valence-electron chi connectivity index (χ1n) is 5.67. The van der Waals surface area contributed by atoms with Gasteiger partial charge in [0, 0.05) is 12.1 Å². The Labute approximate surface area is 93.9 Å². The molecule has 1 saturated carbocycles. The average molecular weight is 233 g/mol. The van der Waals surface area contributed by atoms with Crippen LogP contribution in [0.3, 0.4) is 0 Å². The molecule has 90 valence electrons. The summed E-state index contributed by atoms with van der Waals surface area (Å²) < 4.78 is 26.0. The highest BCUT2D eigenvalue weighted by atomic mass is 32.2. The fourth-order valence-electron chi connectivity index (χ4n) is 1.55. The van der Waals surface area contributed by atoms with E-state index in [2.05, 4.69) is 0 Å². The van der Waals surface area contributed by atoms with Crippen LogP contribution in [0.15, 0.2) is 0 Å². The molecule has 0 saturated heterocycles. The second kappa shape index (κ2) is 4.06. The van der Waals surface area contributed by atoms with Gasteiger partial charge in [0.05, 0.1) is 5.25 Å². The van der Waals surface area contributed by atoms with Crippen LogP contribution < -0.4 is 0 Å². The van der Waals surface area contributed by atoms with Gasteiger partial charge in [0.2, 0.25) is 10.0 Å². The van der Waals surface area contributed by atoms with Crippen LogP contribution >= 0.6 is 0 Å². The summed E-state index contributed by atoms with van der Waals surface area (Å²) in [5, 5.41) is -0.324. The van der Waals surface area contributed by atoms with E-state index in [0.29, 0.717) is 12.5 Å². The van der Waals surface area contributed by atoms with Crippen molar-refractivity contribution in [2.24, 2.45) is 5.92 Å². The molecule has 0 aromatic heterocycles. The van der Waals surface area contributed by atoms with Gasteiger partial charge in [0.25, 0.3) is 0 Å². The maximum absolute atomic E-state index is 12.2. The standard InChI is InChI=1S/C11H23NO2S/c1-9(2)15(13,14)12(11(3,4)5)8-10-6-7-10/h9-10H,6-8H2,1-5H3. The molecular formula is C11H23NO2S. The molecule has 0 amide bonds. The highest BCUT2D eigenvalue weighted by molar-refractivity contribution is 7.89. The van der Waals surface area contributed by atoms with Crippen molar-refractivity contribution < 1.29 is 8.42 Å². The lowest BCUT2D eigenvalue weighted by Gasteiger charge is -2.36. The Balaban J connectivity index is 2.89. The summed E-state index contributed by atoms with van der Waals surface area (Å²) in [6, 6.07) is 0. The Morgan fingerprint density at radius 1 is 1.27 bits per heavy atom. The van der Waals surface area contributed by atoms with Gasteiger partial charge in [-0.1, -0.05) is 0 Å². The average Bonchev–Trinajstić information content (AvgIpc) is 2.79. The van der Waals surface area contributed by atoms with E-state index < -0.39 is 10.0 Å². The van der Waals surface area contributed by atoms with E-state index in [0.717, 1.165) is 0 Å². The number of nitrogens with zero attached hydrogens (tertiary/aromatic N) is 1. The molecule has 0 heterocycles. The van der Waals surface area contributed by atoms with E-state index in [1.54, 1.807) is 18.2 Å². The Morgan fingerprint density at radius 3 is 2.00 bits per heavy atom. The molecule has 0 aliphatic heterocycles. The van der Waals surface area contributed by atoms with Crippen molar-refractivity contribution in [1.29, 1.82) is 0 Å². The summed E-state index contributed by atoms with van der Waals surface area (Å²) in [4.78, 5) is 0. The first-order chi connectivity index (χ1) is 6.65. The van der Waals surface area contributed by atoms with Gasteiger partial charge in [-0.3, -0.25) is 0 Å². The zero-order valence-corrected chi connectivity index (χ0v) is 11.3. The summed E-state index contributed by atoms with van der Waals surface area (Å²) in [7, 11) is -3.12. The van der Waals surface area contributed by atoms with Crippen molar-refractivity contribution in [1.82, 2.24) is 4.31 Å². The topological polar surface area (TPSA) is 37.4 Å². The van der Waals surface area contributed by atoms with E-state index in [1.807, 2.05) is 20.8 Å². The Bertz CT molecular complexity index is 310. The number of hydrogen-bond donors (Lipinski definition) is 0. The quantitative estimate of drug-likeness (QED) is 0.747. The molecule has 0 aromatic rings. The zero-order chi connectivity index (χ0) is 11.9. The molecule has 0 spiro atoms. The fraction of sp³-hybridized carbons (Fsp3) is 1.00. The zero-order valence-electron chi connectivity index (χ0n) is 10.4. The second-order valence-electron chi connectivity index (χ2n) is 5.74. The molecular weight excluding hydrogens is 210 g/mol. The molecule has 0 radical (unpaired) electrons. The van der Waals surface area contributed by atoms with Crippen molar-refractivity contribution in [3.8, 4) is 0 Å². The van der Waals surface area contributed by atoms with Gasteiger partial charge >= 0.3 is 0 Å². The molecule has 1 aliphatic rings. The molecule has 15 heavy (non-hydrogen) atoms. The molecule has 1 fully saturated rings. The first-order valence-corrected chi connectivity index (χ1v) is 7.17. The van der Waals surface area contributed by atoms with Gasteiger partial charge in [0.1, 0.15) is 0 Å². The van der Waals surface area contributed by atoms with Crippen LogP contribution in [-0.2, 0) is 10.0 Å². The van der Waals surface area contributed by atoms with Crippen molar-refractivity contribution in [2.45, 2.75) is 58.2 Å². The van der Waals surface area contributed by atoms with Crippen LogP contribution in [-0.4, -0.2) is 30.1 Å². The normalized spacial score (nSPS) is 18.9. The molecule has 1 aliphatic carbocycles. The lowest BCUT2D eigenvalue weighted by Crippen LogP contribution is -2.49. The number of sulfonamides is 1. The summed E-state index contributed by atoms with van der Waals surface area (Å²) in [6.45, 7) is 10.1.